The second-order valence-corrected chi connectivity index (χ2v) is 5.58. The molecule has 1 aromatic heterocycles. The van der Waals surface area contributed by atoms with Crippen molar-refractivity contribution in [1.82, 2.24) is 5.32 Å². The smallest absolute Gasteiger partial charge is 0.107 e. The van der Waals surface area contributed by atoms with Crippen molar-refractivity contribution in [3.63, 3.8) is 0 Å². The van der Waals surface area contributed by atoms with E-state index in [4.69, 9.17) is 11.6 Å². The third kappa shape index (κ3) is 2.22. The molecular formula is C8H9BrClNS. The van der Waals surface area contributed by atoms with Crippen LogP contribution in [0.3, 0.4) is 0 Å². The average Bonchev–Trinajstić information content (AvgIpc) is 2.78. The Bertz CT molecular complexity index is 263. The molecule has 0 radical (unpaired) electrons. The Labute approximate surface area is 89.2 Å². The minimum Gasteiger partial charge on any atom is -0.309 e. The molecule has 4 heteroatoms. The SMILES string of the molecule is Clc1sc(CNC2CC2)cc1Br. The van der Waals surface area contributed by atoms with Gasteiger partial charge in [0.25, 0.3) is 0 Å². The summed E-state index contributed by atoms with van der Waals surface area (Å²) < 4.78 is 1.87. The van der Waals surface area contributed by atoms with Crippen LogP contribution in [0, 0.1) is 0 Å². The molecular weight excluding hydrogens is 258 g/mol. The van der Waals surface area contributed by atoms with Crippen molar-refractivity contribution in [2.45, 2.75) is 25.4 Å². The average molecular weight is 267 g/mol. The Morgan fingerprint density at radius 2 is 2.42 bits per heavy atom. The Hall–Kier alpha value is 0.430. The Balaban J connectivity index is 1.93. The highest BCUT2D eigenvalue weighted by atomic mass is 79.9. The molecule has 1 fully saturated rings. The van der Waals surface area contributed by atoms with Gasteiger partial charge >= 0.3 is 0 Å². The Kier molecular flexibility index (Phi) is 2.75. The minimum atomic E-state index is 0.768. The van der Waals surface area contributed by atoms with E-state index in [1.165, 1.54) is 17.7 Å². The highest BCUT2D eigenvalue weighted by Crippen LogP contribution is 2.32. The monoisotopic (exact) mass is 265 g/mol. The van der Waals surface area contributed by atoms with Gasteiger partial charge in [0, 0.05) is 21.9 Å². The highest BCUT2D eigenvalue weighted by Gasteiger charge is 2.20. The first kappa shape index (κ1) is 9.00. The third-order valence-corrected chi connectivity index (χ3v) is 4.31. The fraction of sp³-hybridized carbons (Fsp3) is 0.500. The predicted octanol–water partition coefficient (Wildman–Crippen LogP) is 3.42. The molecule has 66 valence electrons. The van der Waals surface area contributed by atoms with E-state index in [0.29, 0.717) is 0 Å². The molecule has 0 spiro atoms. The molecule has 0 aromatic carbocycles. The van der Waals surface area contributed by atoms with Crippen LogP contribution < -0.4 is 5.32 Å². The lowest BCUT2D eigenvalue weighted by molar-refractivity contribution is 0.695. The molecule has 2 rings (SSSR count). The third-order valence-electron chi connectivity index (χ3n) is 1.84. The van der Waals surface area contributed by atoms with E-state index < -0.39 is 0 Å². The fourth-order valence-corrected chi connectivity index (χ4v) is 2.75. The lowest BCUT2D eigenvalue weighted by atomic mass is 10.4. The summed E-state index contributed by atoms with van der Waals surface area (Å²) >= 11 is 10.9. The molecule has 0 aliphatic heterocycles. The standard InChI is InChI=1S/C8H9BrClNS/c9-7-3-6(12-8(7)10)4-11-5-1-2-5/h3,5,11H,1-2,4H2. The van der Waals surface area contributed by atoms with Gasteiger partial charge in [-0.3, -0.25) is 0 Å². The van der Waals surface area contributed by atoms with Gasteiger partial charge < -0.3 is 5.32 Å². The lowest BCUT2D eigenvalue weighted by Crippen LogP contribution is -2.14. The summed E-state index contributed by atoms with van der Waals surface area (Å²) in [6.45, 7) is 0.959. The van der Waals surface area contributed by atoms with E-state index in [2.05, 4.69) is 27.3 Å². The largest absolute Gasteiger partial charge is 0.309 e. The van der Waals surface area contributed by atoms with Gasteiger partial charge in [-0.2, -0.15) is 0 Å². The highest BCUT2D eigenvalue weighted by molar-refractivity contribution is 9.10. The second kappa shape index (κ2) is 3.66. The number of hydrogen-bond donors (Lipinski definition) is 1. The van der Waals surface area contributed by atoms with E-state index in [9.17, 15) is 0 Å². The van der Waals surface area contributed by atoms with Gasteiger partial charge in [-0.25, -0.2) is 0 Å². The van der Waals surface area contributed by atoms with E-state index in [1.54, 1.807) is 11.3 Å². The summed E-state index contributed by atoms with van der Waals surface area (Å²) in [6, 6.07) is 2.85. The molecule has 0 bridgehead atoms. The number of thiophene rings is 1. The van der Waals surface area contributed by atoms with E-state index in [1.807, 2.05) is 0 Å². The Morgan fingerprint density at radius 1 is 1.67 bits per heavy atom. The molecule has 0 saturated heterocycles. The van der Waals surface area contributed by atoms with Crippen LogP contribution in [0.5, 0.6) is 0 Å². The summed E-state index contributed by atoms with van der Waals surface area (Å²) in [7, 11) is 0. The first-order chi connectivity index (χ1) is 5.75. The second-order valence-electron chi connectivity index (χ2n) is 2.99. The molecule has 0 atom stereocenters. The van der Waals surface area contributed by atoms with Gasteiger partial charge in [0.2, 0.25) is 0 Å². The maximum Gasteiger partial charge on any atom is 0.107 e. The van der Waals surface area contributed by atoms with Crippen LogP contribution in [0.25, 0.3) is 0 Å². The summed E-state index contributed by atoms with van der Waals surface area (Å²) in [5.74, 6) is 0. The first-order valence-corrected chi connectivity index (χ1v) is 5.91. The van der Waals surface area contributed by atoms with Crippen molar-refractivity contribution in [3.05, 3.63) is 19.8 Å². The maximum absolute atomic E-state index is 5.90. The molecule has 1 aromatic rings. The Morgan fingerprint density at radius 3 is 2.92 bits per heavy atom. The zero-order valence-electron chi connectivity index (χ0n) is 6.44. The zero-order valence-corrected chi connectivity index (χ0v) is 9.60. The number of nitrogens with one attached hydrogen (secondary N) is 1. The molecule has 1 saturated carbocycles. The van der Waals surface area contributed by atoms with Gasteiger partial charge in [0.05, 0.1) is 0 Å². The number of halogens is 2. The van der Waals surface area contributed by atoms with Crippen LogP contribution in [0.15, 0.2) is 10.5 Å². The van der Waals surface area contributed by atoms with Crippen LogP contribution in [0.4, 0.5) is 0 Å². The molecule has 1 aliphatic rings. The van der Waals surface area contributed by atoms with Crippen LogP contribution in [-0.4, -0.2) is 6.04 Å². The van der Waals surface area contributed by atoms with E-state index in [-0.39, 0.29) is 0 Å². The molecule has 0 amide bonds. The topological polar surface area (TPSA) is 12.0 Å². The molecule has 1 nitrogen and oxygen atoms in total. The number of rotatable bonds is 3. The van der Waals surface area contributed by atoms with Gasteiger partial charge in [-0.15, -0.1) is 11.3 Å². The van der Waals surface area contributed by atoms with Crippen LogP contribution >= 0.6 is 38.9 Å². The summed E-state index contributed by atoms with van der Waals surface area (Å²) in [6.07, 6.45) is 2.67. The minimum absolute atomic E-state index is 0.768. The zero-order chi connectivity index (χ0) is 8.55. The normalized spacial score (nSPS) is 16.8. The first-order valence-electron chi connectivity index (χ1n) is 3.93. The van der Waals surface area contributed by atoms with Crippen molar-refractivity contribution in [2.24, 2.45) is 0 Å². The van der Waals surface area contributed by atoms with Crippen LogP contribution in [-0.2, 0) is 6.54 Å². The molecule has 12 heavy (non-hydrogen) atoms. The number of hydrogen-bond acceptors (Lipinski definition) is 2. The van der Waals surface area contributed by atoms with E-state index in [0.717, 1.165) is 21.4 Å². The quantitative estimate of drug-likeness (QED) is 0.884. The van der Waals surface area contributed by atoms with Gasteiger partial charge in [0.1, 0.15) is 4.34 Å². The van der Waals surface area contributed by atoms with Gasteiger partial charge in [-0.05, 0) is 34.8 Å². The fourth-order valence-electron chi connectivity index (χ4n) is 1.01. The van der Waals surface area contributed by atoms with Crippen molar-refractivity contribution in [2.75, 3.05) is 0 Å². The molecule has 1 aliphatic carbocycles. The molecule has 1 heterocycles. The lowest BCUT2D eigenvalue weighted by Gasteiger charge is -1.97. The van der Waals surface area contributed by atoms with Crippen molar-refractivity contribution in [1.29, 1.82) is 0 Å². The van der Waals surface area contributed by atoms with Crippen molar-refractivity contribution < 1.29 is 0 Å². The molecule has 1 N–H and O–H groups in total. The van der Waals surface area contributed by atoms with Crippen molar-refractivity contribution in [3.8, 4) is 0 Å². The van der Waals surface area contributed by atoms with Gasteiger partial charge in [-0.1, -0.05) is 11.6 Å². The maximum atomic E-state index is 5.90. The van der Waals surface area contributed by atoms with Crippen LogP contribution in [0.1, 0.15) is 17.7 Å². The summed E-state index contributed by atoms with van der Waals surface area (Å²) in [5, 5.41) is 3.44. The van der Waals surface area contributed by atoms with Crippen molar-refractivity contribution >= 4 is 38.9 Å². The van der Waals surface area contributed by atoms with E-state index >= 15 is 0 Å². The van der Waals surface area contributed by atoms with Gasteiger partial charge in [0.15, 0.2) is 0 Å². The van der Waals surface area contributed by atoms with Crippen LogP contribution in [0.2, 0.25) is 4.34 Å². The summed E-state index contributed by atoms with van der Waals surface area (Å²) in [4.78, 5) is 1.30. The molecule has 0 unspecified atom stereocenters. The predicted molar refractivity (Wildman–Crippen MR) is 56.9 cm³/mol. The summed E-state index contributed by atoms with van der Waals surface area (Å²) in [5.41, 5.74) is 0.